The van der Waals surface area contributed by atoms with Crippen molar-refractivity contribution >= 4 is 11.6 Å². The second-order valence-electron chi connectivity index (χ2n) is 4.86. The van der Waals surface area contributed by atoms with Gasteiger partial charge >= 0.3 is 0 Å². The van der Waals surface area contributed by atoms with Gasteiger partial charge in [-0.15, -0.1) is 0 Å². The van der Waals surface area contributed by atoms with E-state index in [9.17, 15) is 9.18 Å². The first-order chi connectivity index (χ1) is 10.5. The first-order valence-corrected chi connectivity index (χ1v) is 6.80. The predicted molar refractivity (Wildman–Crippen MR) is 83.0 cm³/mol. The van der Waals surface area contributed by atoms with E-state index in [-0.39, 0.29) is 18.1 Å². The Labute approximate surface area is 128 Å². The van der Waals surface area contributed by atoms with Gasteiger partial charge in [0.1, 0.15) is 17.3 Å². The number of methoxy groups -OCH3 is 2. The highest BCUT2D eigenvalue weighted by atomic mass is 19.1. The van der Waals surface area contributed by atoms with Crippen LogP contribution in [0.15, 0.2) is 36.4 Å². The molecule has 0 aliphatic heterocycles. The molecule has 0 saturated carbocycles. The molecule has 2 aromatic carbocycles. The van der Waals surface area contributed by atoms with Crippen LogP contribution in [0, 0.1) is 12.7 Å². The lowest BCUT2D eigenvalue weighted by atomic mass is 10.1. The molecule has 2 rings (SSSR count). The van der Waals surface area contributed by atoms with Gasteiger partial charge in [-0.2, -0.15) is 0 Å². The number of amides is 1. The Kier molecular flexibility index (Phi) is 4.99. The van der Waals surface area contributed by atoms with Crippen LogP contribution in [0.1, 0.15) is 11.1 Å². The molecule has 2 aromatic rings. The molecule has 116 valence electrons. The molecule has 0 radical (unpaired) electrons. The molecule has 0 unspecified atom stereocenters. The van der Waals surface area contributed by atoms with Crippen molar-refractivity contribution in [3.05, 3.63) is 53.3 Å². The summed E-state index contributed by atoms with van der Waals surface area (Å²) in [6.07, 6.45) is 0.107. The molecule has 0 aromatic heterocycles. The molecule has 0 bridgehead atoms. The summed E-state index contributed by atoms with van der Waals surface area (Å²) in [5, 5.41) is 2.71. The third-order valence-electron chi connectivity index (χ3n) is 3.31. The third-order valence-corrected chi connectivity index (χ3v) is 3.31. The van der Waals surface area contributed by atoms with Gasteiger partial charge in [-0.3, -0.25) is 4.79 Å². The first-order valence-electron chi connectivity index (χ1n) is 6.80. The monoisotopic (exact) mass is 303 g/mol. The summed E-state index contributed by atoms with van der Waals surface area (Å²) in [7, 11) is 3.10. The molecule has 0 spiro atoms. The number of rotatable bonds is 5. The summed E-state index contributed by atoms with van der Waals surface area (Å²) >= 11 is 0. The van der Waals surface area contributed by atoms with Gasteiger partial charge in [-0.25, -0.2) is 4.39 Å². The van der Waals surface area contributed by atoms with E-state index >= 15 is 0 Å². The zero-order valence-corrected chi connectivity index (χ0v) is 12.8. The number of hydrogen-bond donors (Lipinski definition) is 1. The maximum atomic E-state index is 13.3. The molecule has 1 N–H and O–H groups in total. The Morgan fingerprint density at radius 1 is 1.14 bits per heavy atom. The van der Waals surface area contributed by atoms with E-state index in [1.807, 2.05) is 0 Å². The van der Waals surface area contributed by atoms with Gasteiger partial charge in [-0.1, -0.05) is 6.07 Å². The fourth-order valence-corrected chi connectivity index (χ4v) is 2.12. The molecule has 0 saturated heterocycles. The van der Waals surface area contributed by atoms with E-state index in [0.717, 1.165) is 5.56 Å². The number of carbonyl (C=O) groups excluding carboxylic acids is 1. The average molecular weight is 303 g/mol. The molecular formula is C17H18FNO3. The van der Waals surface area contributed by atoms with Crippen molar-refractivity contribution in [2.75, 3.05) is 19.5 Å². The van der Waals surface area contributed by atoms with Crippen LogP contribution in [-0.4, -0.2) is 20.1 Å². The number of benzene rings is 2. The van der Waals surface area contributed by atoms with Crippen LogP contribution in [0.4, 0.5) is 10.1 Å². The maximum Gasteiger partial charge on any atom is 0.228 e. The van der Waals surface area contributed by atoms with Crippen LogP contribution in [0.2, 0.25) is 0 Å². The summed E-state index contributed by atoms with van der Waals surface area (Å²) in [5.74, 6) is 0.609. The minimum absolute atomic E-state index is 0.107. The van der Waals surface area contributed by atoms with Gasteiger partial charge < -0.3 is 14.8 Å². The molecule has 0 heterocycles. The van der Waals surface area contributed by atoms with Crippen molar-refractivity contribution in [3.63, 3.8) is 0 Å². The summed E-state index contributed by atoms with van der Waals surface area (Å²) in [4.78, 5) is 12.2. The Morgan fingerprint density at radius 3 is 2.59 bits per heavy atom. The highest BCUT2D eigenvalue weighted by molar-refractivity contribution is 5.93. The number of halogens is 1. The van der Waals surface area contributed by atoms with Gasteiger partial charge in [0, 0.05) is 11.3 Å². The predicted octanol–water partition coefficient (Wildman–Crippen LogP) is 3.33. The van der Waals surface area contributed by atoms with Crippen molar-refractivity contribution < 1.29 is 18.7 Å². The lowest BCUT2D eigenvalue weighted by molar-refractivity contribution is -0.115. The fourth-order valence-electron chi connectivity index (χ4n) is 2.12. The zero-order chi connectivity index (χ0) is 16.1. The van der Waals surface area contributed by atoms with Crippen LogP contribution >= 0.6 is 0 Å². The molecule has 0 aliphatic rings. The number of aryl methyl sites for hydroxylation is 1. The van der Waals surface area contributed by atoms with Crippen molar-refractivity contribution in [2.24, 2.45) is 0 Å². The Bertz CT molecular complexity index is 686. The second-order valence-corrected chi connectivity index (χ2v) is 4.86. The van der Waals surface area contributed by atoms with E-state index in [1.165, 1.54) is 12.1 Å². The molecule has 5 heteroatoms. The highest BCUT2D eigenvalue weighted by Gasteiger charge is 2.12. The van der Waals surface area contributed by atoms with Gasteiger partial charge in [-0.05, 0) is 42.8 Å². The third kappa shape index (κ3) is 3.75. The van der Waals surface area contributed by atoms with E-state index in [4.69, 9.17) is 9.47 Å². The normalized spacial score (nSPS) is 10.2. The smallest absolute Gasteiger partial charge is 0.228 e. The van der Waals surface area contributed by atoms with Gasteiger partial charge in [0.2, 0.25) is 5.91 Å². The van der Waals surface area contributed by atoms with Crippen molar-refractivity contribution in [1.29, 1.82) is 0 Å². The molecule has 0 atom stereocenters. The van der Waals surface area contributed by atoms with Gasteiger partial charge in [0.05, 0.1) is 20.6 Å². The highest BCUT2D eigenvalue weighted by Crippen LogP contribution is 2.25. The standard InChI is InChI=1S/C17H18FNO3/c1-11-4-5-13(18)10-15(11)19-17(20)9-12-8-14(21-2)6-7-16(12)22-3/h4-8,10H,9H2,1-3H3,(H,19,20). The summed E-state index contributed by atoms with van der Waals surface area (Å²) in [5.41, 5.74) is 1.97. The minimum atomic E-state index is -0.389. The summed E-state index contributed by atoms with van der Waals surface area (Å²) in [6, 6.07) is 9.53. The van der Waals surface area contributed by atoms with Crippen LogP contribution in [0.25, 0.3) is 0 Å². The quantitative estimate of drug-likeness (QED) is 0.921. The van der Waals surface area contributed by atoms with Crippen molar-refractivity contribution in [2.45, 2.75) is 13.3 Å². The number of anilines is 1. The average Bonchev–Trinajstić information content (AvgIpc) is 2.50. The SMILES string of the molecule is COc1ccc(OC)c(CC(=O)Nc2cc(F)ccc2C)c1. The molecular weight excluding hydrogens is 285 g/mol. The number of carbonyl (C=O) groups is 1. The van der Waals surface area contributed by atoms with E-state index in [2.05, 4.69) is 5.32 Å². The molecule has 1 amide bonds. The largest absolute Gasteiger partial charge is 0.497 e. The number of nitrogens with one attached hydrogen (secondary N) is 1. The Morgan fingerprint density at radius 2 is 1.91 bits per heavy atom. The second kappa shape index (κ2) is 6.93. The topological polar surface area (TPSA) is 47.6 Å². The number of ether oxygens (including phenoxy) is 2. The van der Waals surface area contributed by atoms with Crippen LogP contribution in [0.5, 0.6) is 11.5 Å². The number of hydrogen-bond acceptors (Lipinski definition) is 3. The lowest BCUT2D eigenvalue weighted by Crippen LogP contribution is -2.16. The lowest BCUT2D eigenvalue weighted by Gasteiger charge is -2.12. The molecule has 0 aliphatic carbocycles. The summed E-state index contributed by atoms with van der Waals surface area (Å²) < 4.78 is 23.6. The fraction of sp³-hybridized carbons (Fsp3) is 0.235. The van der Waals surface area contributed by atoms with Crippen molar-refractivity contribution in [1.82, 2.24) is 0 Å². The first kappa shape index (κ1) is 15.8. The molecule has 22 heavy (non-hydrogen) atoms. The van der Waals surface area contributed by atoms with E-state index < -0.39 is 0 Å². The zero-order valence-electron chi connectivity index (χ0n) is 12.8. The van der Waals surface area contributed by atoms with E-state index in [1.54, 1.807) is 45.4 Å². The van der Waals surface area contributed by atoms with Gasteiger partial charge in [0.25, 0.3) is 0 Å². The van der Waals surface area contributed by atoms with Crippen LogP contribution in [0.3, 0.4) is 0 Å². The van der Waals surface area contributed by atoms with Crippen LogP contribution < -0.4 is 14.8 Å². The van der Waals surface area contributed by atoms with Crippen LogP contribution in [-0.2, 0) is 11.2 Å². The maximum absolute atomic E-state index is 13.3. The Hall–Kier alpha value is -2.56. The molecule has 0 fully saturated rings. The van der Waals surface area contributed by atoms with E-state index in [0.29, 0.717) is 22.7 Å². The summed E-state index contributed by atoms with van der Waals surface area (Å²) in [6.45, 7) is 1.81. The Balaban J connectivity index is 2.16. The van der Waals surface area contributed by atoms with Gasteiger partial charge in [0.15, 0.2) is 0 Å². The minimum Gasteiger partial charge on any atom is -0.497 e. The molecule has 4 nitrogen and oxygen atoms in total. The van der Waals surface area contributed by atoms with Crippen molar-refractivity contribution in [3.8, 4) is 11.5 Å².